The van der Waals surface area contributed by atoms with Crippen molar-refractivity contribution in [3.8, 4) is 0 Å². The maximum atomic E-state index is 12.8. The van der Waals surface area contributed by atoms with Gasteiger partial charge >= 0.3 is 0 Å². The largest absolute Gasteiger partial charge is 0.387 e. The van der Waals surface area contributed by atoms with Crippen LogP contribution in [0.5, 0.6) is 0 Å². The fourth-order valence-corrected chi connectivity index (χ4v) is 5.00. The lowest BCUT2D eigenvalue weighted by molar-refractivity contribution is -0.119. The first kappa shape index (κ1) is 21.6. The van der Waals surface area contributed by atoms with Gasteiger partial charge in [0.05, 0.1) is 6.10 Å². The minimum atomic E-state index is -0.517. The molecule has 1 saturated heterocycles. The third-order valence-corrected chi connectivity index (χ3v) is 6.71. The number of aryl methyl sites for hydroxylation is 1. The molecule has 3 N–H and O–H groups in total. The van der Waals surface area contributed by atoms with Crippen LogP contribution in [0, 0.1) is 0 Å². The number of hydrogen-bond acceptors (Lipinski definition) is 5. The molecule has 2 aliphatic heterocycles. The lowest BCUT2D eigenvalue weighted by Gasteiger charge is -2.20. The normalized spacial score (nSPS) is 22.6. The van der Waals surface area contributed by atoms with Gasteiger partial charge in [0.1, 0.15) is 11.9 Å². The molecule has 3 aromatic rings. The van der Waals surface area contributed by atoms with Gasteiger partial charge in [0.2, 0.25) is 5.91 Å². The van der Waals surface area contributed by atoms with Gasteiger partial charge in [0.25, 0.3) is 5.56 Å². The number of benzene rings is 2. The molecule has 7 heteroatoms. The predicted octanol–water partition coefficient (Wildman–Crippen LogP) is 2.77. The first-order chi connectivity index (χ1) is 16.1. The number of anilines is 1. The number of nitrogens with zero attached hydrogens (tertiary/aromatic N) is 2. The molecular weight excluding hydrogens is 416 g/mol. The Morgan fingerprint density at radius 1 is 1.09 bits per heavy atom. The number of aliphatic hydroxyl groups is 1. The fourth-order valence-electron chi connectivity index (χ4n) is 5.00. The number of nitrogens with one attached hydrogen (secondary N) is 2. The molecule has 1 aromatic heterocycles. The number of carbonyl (C=O) groups excluding carboxylic acids is 1. The van der Waals surface area contributed by atoms with Crippen molar-refractivity contribution in [3.63, 3.8) is 0 Å². The Balaban J connectivity index is 1.17. The average Bonchev–Trinajstić information content (AvgIpc) is 3.49. The number of amides is 1. The van der Waals surface area contributed by atoms with E-state index in [0.717, 1.165) is 24.8 Å². The summed E-state index contributed by atoms with van der Waals surface area (Å²) in [6.45, 7) is 0. The Bertz CT molecular complexity index is 1180. The molecule has 3 heterocycles. The zero-order chi connectivity index (χ0) is 22.8. The minimum Gasteiger partial charge on any atom is -0.387 e. The van der Waals surface area contributed by atoms with E-state index in [2.05, 4.69) is 15.6 Å². The van der Waals surface area contributed by atoms with Gasteiger partial charge in [-0.3, -0.25) is 14.2 Å². The number of hydrogen-bond donors (Lipinski definition) is 3. The van der Waals surface area contributed by atoms with Crippen molar-refractivity contribution in [2.45, 2.75) is 56.3 Å². The fraction of sp³-hybridized carbons (Fsp3) is 0.346. The summed E-state index contributed by atoms with van der Waals surface area (Å²) < 4.78 is 1.50. The monoisotopic (exact) mass is 444 g/mol. The molecule has 5 rings (SSSR count). The van der Waals surface area contributed by atoms with Crippen LogP contribution in [0.25, 0.3) is 0 Å². The third kappa shape index (κ3) is 4.60. The number of aromatic nitrogens is 2. The topological polar surface area (TPSA) is 96.2 Å². The average molecular weight is 445 g/mol. The number of rotatable bonds is 6. The highest BCUT2D eigenvalue weighted by Crippen LogP contribution is 2.27. The molecule has 170 valence electrons. The first-order valence-electron chi connectivity index (χ1n) is 11.5. The van der Waals surface area contributed by atoms with E-state index in [0.29, 0.717) is 30.4 Å². The second-order valence-electron chi connectivity index (χ2n) is 8.92. The van der Waals surface area contributed by atoms with E-state index in [1.165, 1.54) is 22.4 Å². The molecule has 7 nitrogen and oxygen atoms in total. The quantitative estimate of drug-likeness (QED) is 0.543. The van der Waals surface area contributed by atoms with Crippen LogP contribution >= 0.6 is 0 Å². The first-order valence-corrected chi connectivity index (χ1v) is 11.5. The molecule has 2 aromatic carbocycles. The van der Waals surface area contributed by atoms with E-state index in [4.69, 9.17) is 0 Å². The standard InChI is InChI=1S/C26H28N4O3/c31-24-14-15-27-23-13-12-22(30(23)24)26(33)29-19-8-6-17(7-9-19)16-20-10-11-21(28-20)25(32)18-4-2-1-3-5-18/h1-9,14-15,20-22,25,28,32H,10-13,16H2,(H,29,33)/t20-,21+,22+,25-/m1/s1. The summed E-state index contributed by atoms with van der Waals surface area (Å²) >= 11 is 0. The van der Waals surface area contributed by atoms with E-state index in [-0.39, 0.29) is 17.5 Å². The van der Waals surface area contributed by atoms with Crippen LogP contribution in [0.2, 0.25) is 0 Å². The van der Waals surface area contributed by atoms with Crippen LogP contribution in [0.15, 0.2) is 71.7 Å². The Morgan fingerprint density at radius 3 is 2.67 bits per heavy atom. The summed E-state index contributed by atoms with van der Waals surface area (Å²) in [5.41, 5.74) is 2.64. The molecule has 1 amide bonds. The van der Waals surface area contributed by atoms with Crippen molar-refractivity contribution in [2.75, 3.05) is 5.32 Å². The molecule has 0 bridgehead atoms. The Hall–Kier alpha value is -3.29. The van der Waals surface area contributed by atoms with Crippen molar-refractivity contribution in [1.82, 2.24) is 14.9 Å². The maximum Gasteiger partial charge on any atom is 0.254 e. The molecule has 0 spiro atoms. The summed E-state index contributed by atoms with van der Waals surface area (Å²) in [6.07, 6.45) is 5.02. The molecule has 2 aliphatic rings. The van der Waals surface area contributed by atoms with E-state index in [1.807, 2.05) is 54.6 Å². The second-order valence-corrected chi connectivity index (χ2v) is 8.92. The highest BCUT2D eigenvalue weighted by molar-refractivity contribution is 5.94. The summed E-state index contributed by atoms with van der Waals surface area (Å²) in [5, 5.41) is 17.2. The lowest BCUT2D eigenvalue weighted by atomic mass is 10.0. The molecule has 0 aliphatic carbocycles. The van der Waals surface area contributed by atoms with Gasteiger partial charge in [0, 0.05) is 36.5 Å². The second kappa shape index (κ2) is 9.29. The van der Waals surface area contributed by atoms with Gasteiger partial charge in [-0.1, -0.05) is 42.5 Å². The van der Waals surface area contributed by atoms with E-state index < -0.39 is 12.1 Å². The molecule has 1 fully saturated rings. The van der Waals surface area contributed by atoms with Crippen molar-refractivity contribution >= 4 is 11.6 Å². The summed E-state index contributed by atoms with van der Waals surface area (Å²) in [6, 6.07) is 18.9. The van der Waals surface area contributed by atoms with E-state index in [1.54, 1.807) is 0 Å². The number of fused-ring (bicyclic) bond motifs is 1. The van der Waals surface area contributed by atoms with Gasteiger partial charge < -0.3 is 15.7 Å². The SMILES string of the molecule is O=C(Nc1ccc(C[C@H]2CC[C@@H]([C@H](O)c3ccccc3)N2)cc1)[C@@H]1CCc2nccc(=O)n21. The zero-order valence-electron chi connectivity index (χ0n) is 18.4. The van der Waals surface area contributed by atoms with Crippen molar-refractivity contribution in [1.29, 1.82) is 0 Å². The summed E-state index contributed by atoms with van der Waals surface area (Å²) in [7, 11) is 0. The number of carbonyl (C=O) groups is 1. The van der Waals surface area contributed by atoms with Crippen molar-refractivity contribution < 1.29 is 9.90 Å². The Labute approximate surface area is 192 Å². The van der Waals surface area contributed by atoms with Gasteiger partial charge in [-0.15, -0.1) is 0 Å². The smallest absolute Gasteiger partial charge is 0.254 e. The Morgan fingerprint density at radius 2 is 1.88 bits per heavy atom. The van der Waals surface area contributed by atoms with Gasteiger partial charge in [-0.05, 0) is 48.9 Å². The van der Waals surface area contributed by atoms with E-state index >= 15 is 0 Å². The highest BCUT2D eigenvalue weighted by Gasteiger charge is 2.31. The van der Waals surface area contributed by atoms with Gasteiger partial charge in [-0.25, -0.2) is 4.98 Å². The zero-order valence-corrected chi connectivity index (χ0v) is 18.4. The van der Waals surface area contributed by atoms with E-state index in [9.17, 15) is 14.7 Å². The third-order valence-electron chi connectivity index (χ3n) is 6.71. The van der Waals surface area contributed by atoms with Crippen molar-refractivity contribution in [3.05, 3.63) is 94.2 Å². The lowest BCUT2D eigenvalue weighted by Crippen LogP contribution is -2.35. The minimum absolute atomic E-state index is 0.0585. The molecule has 0 saturated carbocycles. The molecule has 0 radical (unpaired) electrons. The maximum absolute atomic E-state index is 12.8. The van der Waals surface area contributed by atoms with Crippen LogP contribution < -0.4 is 16.2 Å². The summed E-state index contributed by atoms with van der Waals surface area (Å²) in [4.78, 5) is 29.1. The van der Waals surface area contributed by atoms with Gasteiger partial charge in [-0.2, -0.15) is 0 Å². The highest BCUT2D eigenvalue weighted by atomic mass is 16.3. The van der Waals surface area contributed by atoms with Crippen LogP contribution in [0.4, 0.5) is 5.69 Å². The molecule has 4 atom stereocenters. The van der Waals surface area contributed by atoms with Crippen LogP contribution in [0.1, 0.15) is 48.4 Å². The molecule has 0 unspecified atom stereocenters. The van der Waals surface area contributed by atoms with Crippen LogP contribution in [0.3, 0.4) is 0 Å². The Kier molecular flexibility index (Phi) is 6.07. The van der Waals surface area contributed by atoms with Crippen LogP contribution in [-0.2, 0) is 17.6 Å². The van der Waals surface area contributed by atoms with Crippen LogP contribution in [-0.4, -0.2) is 32.6 Å². The van der Waals surface area contributed by atoms with Gasteiger partial charge in [0.15, 0.2) is 0 Å². The summed E-state index contributed by atoms with van der Waals surface area (Å²) in [5.74, 6) is 0.476. The predicted molar refractivity (Wildman–Crippen MR) is 126 cm³/mol. The van der Waals surface area contributed by atoms with Crippen molar-refractivity contribution in [2.24, 2.45) is 0 Å². The molecule has 33 heavy (non-hydrogen) atoms. The number of aliphatic hydroxyl groups excluding tert-OH is 1. The molecular formula is C26H28N4O3.